The Labute approximate surface area is 203 Å². The van der Waals surface area contributed by atoms with Crippen LogP contribution in [0.5, 0.6) is 0 Å². The Balaban J connectivity index is 1.20. The van der Waals surface area contributed by atoms with Crippen molar-refractivity contribution >= 4 is 0 Å². The van der Waals surface area contributed by atoms with Crippen LogP contribution in [0, 0.1) is 29.4 Å². The van der Waals surface area contributed by atoms with E-state index in [9.17, 15) is 5.11 Å². The predicted octanol–water partition coefficient (Wildman–Crippen LogP) is 7.35. The molecule has 5 rings (SSSR count). The third-order valence-corrected chi connectivity index (χ3v) is 9.73. The number of aliphatic hydroxyl groups is 1. The maximum absolute atomic E-state index is 15.3. The number of hydrogen-bond donors (Lipinski definition) is 1. The fourth-order valence-corrected chi connectivity index (χ4v) is 7.60. The number of hydrogen-bond acceptors (Lipinski definition) is 3. The number of rotatable bonds is 5. The standard InChI is InChI=1S/C29H42F2O3/c1-2-3-20-4-6-23(7-5-20)24-8-9-25(27(31)26(24)30)28(32)14-10-21(11-15-28)22-12-16-29(17-13-22)33-18-19-34-29/h8-9,20-23,32H,2-7,10-19H2,1H3. The van der Waals surface area contributed by atoms with Gasteiger partial charge in [-0.25, -0.2) is 8.78 Å². The quantitative estimate of drug-likeness (QED) is 0.483. The average Bonchev–Trinajstić information content (AvgIpc) is 3.30. The zero-order chi connectivity index (χ0) is 23.8. The van der Waals surface area contributed by atoms with Gasteiger partial charge in [-0.3, -0.25) is 0 Å². The Morgan fingerprint density at radius 3 is 2.00 bits per heavy atom. The minimum atomic E-state index is -1.26. The fourth-order valence-electron chi connectivity index (χ4n) is 7.60. The summed E-state index contributed by atoms with van der Waals surface area (Å²) in [6, 6.07) is 3.45. The third-order valence-electron chi connectivity index (χ3n) is 9.73. The topological polar surface area (TPSA) is 38.7 Å². The first-order chi connectivity index (χ1) is 16.4. The molecule has 0 unspecified atom stereocenters. The van der Waals surface area contributed by atoms with Crippen molar-refractivity contribution in [2.45, 2.75) is 114 Å². The van der Waals surface area contributed by atoms with Gasteiger partial charge in [-0.15, -0.1) is 0 Å². The van der Waals surface area contributed by atoms with Gasteiger partial charge in [0.05, 0.1) is 18.8 Å². The minimum Gasteiger partial charge on any atom is -0.385 e. The molecule has 5 heteroatoms. The summed E-state index contributed by atoms with van der Waals surface area (Å²) < 4.78 is 42.2. The fraction of sp³-hybridized carbons (Fsp3) is 0.793. The first-order valence-corrected chi connectivity index (χ1v) is 13.9. The second kappa shape index (κ2) is 10.1. The van der Waals surface area contributed by atoms with Crippen LogP contribution in [0.1, 0.15) is 114 Å². The lowest BCUT2D eigenvalue weighted by atomic mass is 9.67. The van der Waals surface area contributed by atoms with Gasteiger partial charge in [0.1, 0.15) is 0 Å². The molecular formula is C29H42F2O3. The molecule has 4 aliphatic rings. The monoisotopic (exact) mass is 476 g/mol. The van der Waals surface area contributed by atoms with E-state index in [-0.39, 0.29) is 17.3 Å². The number of halogens is 2. The Morgan fingerprint density at radius 1 is 0.824 bits per heavy atom. The van der Waals surface area contributed by atoms with Crippen LogP contribution < -0.4 is 0 Å². The summed E-state index contributed by atoms with van der Waals surface area (Å²) in [6.45, 7) is 3.60. The van der Waals surface area contributed by atoms with Gasteiger partial charge in [0.25, 0.3) is 0 Å². The van der Waals surface area contributed by atoms with E-state index in [0.29, 0.717) is 43.5 Å². The number of ether oxygens (including phenoxy) is 2. The highest BCUT2D eigenvalue weighted by Gasteiger charge is 2.45. The van der Waals surface area contributed by atoms with Gasteiger partial charge in [0.2, 0.25) is 0 Å². The Kier molecular flexibility index (Phi) is 7.35. The molecule has 1 aromatic rings. The van der Waals surface area contributed by atoms with Gasteiger partial charge < -0.3 is 14.6 Å². The van der Waals surface area contributed by atoms with Crippen LogP contribution in [-0.4, -0.2) is 24.1 Å². The largest absolute Gasteiger partial charge is 0.385 e. The highest BCUT2D eigenvalue weighted by molar-refractivity contribution is 5.33. The van der Waals surface area contributed by atoms with E-state index >= 15 is 8.78 Å². The van der Waals surface area contributed by atoms with Crippen LogP contribution in [-0.2, 0) is 15.1 Å². The van der Waals surface area contributed by atoms with Crippen LogP contribution in [0.15, 0.2) is 12.1 Å². The van der Waals surface area contributed by atoms with Crippen molar-refractivity contribution in [2.24, 2.45) is 17.8 Å². The molecule has 1 N–H and O–H groups in total. The molecule has 4 fully saturated rings. The van der Waals surface area contributed by atoms with E-state index in [1.165, 1.54) is 12.8 Å². The molecule has 3 aliphatic carbocycles. The Morgan fingerprint density at radius 2 is 1.41 bits per heavy atom. The summed E-state index contributed by atoms with van der Waals surface area (Å²) in [7, 11) is 0. The first kappa shape index (κ1) is 24.6. The first-order valence-electron chi connectivity index (χ1n) is 13.9. The minimum absolute atomic E-state index is 0.101. The predicted molar refractivity (Wildman–Crippen MR) is 128 cm³/mol. The maximum Gasteiger partial charge on any atom is 0.168 e. The molecule has 1 aromatic carbocycles. The molecule has 1 aliphatic heterocycles. The van der Waals surface area contributed by atoms with Crippen molar-refractivity contribution in [3.63, 3.8) is 0 Å². The Bertz CT molecular complexity index is 824. The highest BCUT2D eigenvalue weighted by atomic mass is 19.2. The lowest BCUT2D eigenvalue weighted by Gasteiger charge is -2.43. The summed E-state index contributed by atoms with van der Waals surface area (Å²) in [6.07, 6.45) is 13.3. The van der Waals surface area contributed by atoms with E-state index in [2.05, 4.69) is 6.92 Å². The van der Waals surface area contributed by atoms with Crippen LogP contribution in [0.2, 0.25) is 0 Å². The van der Waals surface area contributed by atoms with Gasteiger partial charge in [-0.05, 0) is 93.4 Å². The molecule has 1 spiro atoms. The van der Waals surface area contributed by atoms with Crippen LogP contribution in [0.4, 0.5) is 8.78 Å². The average molecular weight is 477 g/mol. The molecule has 0 aromatic heterocycles. The summed E-state index contributed by atoms with van der Waals surface area (Å²) >= 11 is 0. The van der Waals surface area contributed by atoms with E-state index < -0.39 is 17.2 Å². The Hall–Kier alpha value is -1.04. The van der Waals surface area contributed by atoms with Gasteiger partial charge in [-0.2, -0.15) is 0 Å². The smallest absolute Gasteiger partial charge is 0.168 e. The SMILES string of the molecule is CCCC1CCC(c2ccc(C3(O)CCC(C4CCC5(CC4)OCCO5)CC3)c(F)c2F)CC1. The normalized spacial score (nSPS) is 34.5. The number of benzene rings is 1. The van der Waals surface area contributed by atoms with Crippen LogP contribution >= 0.6 is 0 Å². The molecule has 1 heterocycles. The molecule has 190 valence electrons. The zero-order valence-electron chi connectivity index (χ0n) is 20.8. The lowest BCUT2D eigenvalue weighted by molar-refractivity contribution is -0.186. The van der Waals surface area contributed by atoms with Crippen LogP contribution in [0.25, 0.3) is 0 Å². The maximum atomic E-state index is 15.3. The summed E-state index contributed by atoms with van der Waals surface area (Å²) in [5.41, 5.74) is -0.574. The molecule has 0 atom stereocenters. The molecule has 34 heavy (non-hydrogen) atoms. The molecule has 3 saturated carbocycles. The third kappa shape index (κ3) is 4.82. The van der Waals surface area contributed by atoms with Crippen molar-refractivity contribution in [2.75, 3.05) is 13.2 Å². The summed E-state index contributed by atoms with van der Waals surface area (Å²) in [4.78, 5) is 0. The van der Waals surface area contributed by atoms with Gasteiger partial charge >= 0.3 is 0 Å². The second-order valence-corrected chi connectivity index (χ2v) is 11.7. The van der Waals surface area contributed by atoms with Gasteiger partial charge in [0.15, 0.2) is 17.4 Å². The molecule has 0 bridgehead atoms. The van der Waals surface area contributed by atoms with E-state index in [1.807, 2.05) is 0 Å². The molecule has 0 amide bonds. The summed E-state index contributed by atoms with van der Waals surface area (Å²) in [5, 5.41) is 11.4. The molecular weight excluding hydrogens is 434 g/mol. The lowest BCUT2D eigenvalue weighted by Crippen LogP contribution is -2.39. The van der Waals surface area contributed by atoms with Crippen molar-refractivity contribution < 1.29 is 23.4 Å². The van der Waals surface area contributed by atoms with E-state index in [1.54, 1.807) is 12.1 Å². The molecule has 0 radical (unpaired) electrons. The van der Waals surface area contributed by atoms with Gasteiger partial charge in [-0.1, -0.05) is 31.9 Å². The molecule has 3 nitrogen and oxygen atoms in total. The van der Waals surface area contributed by atoms with Crippen molar-refractivity contribution in [1.29, 1.82) is 0 Å². The zero-order valence-corrected chi connectivity index (χ0v) is 20.8. The van der Waals surface area contributed by atoms with Crippen LogP contribution in [0.3, 0.4) is 0 Å². The molecule has 1 saturated heterocycles. The second-order valence-electron chi connectivity index (χ2n) is 11.7. The van der Waals surface area contributed by atoms with Crippen molar-refractivity contribution in [1.82, 2.24) is 0 Å². The van der Waals surface area contributed by atoms with Gasteiger partial charge in [0, 0.05) is 18.4 Å². The van der Waals surface area contributed by atoms with E-state index in [4.69, 9.17) is 9.47 Å². The van der Waals surface area contributed by atoms with Crippen molar-refractivity contribution in [3.05, 3.63) is 34.9 Å². The highest BCUT2D eigenvalue weighted by Crippen LogP contribution is 2.49. The summed E-state index contributed by atoms with van der Waals surface area (Å²) in [5.74, 6) is 0.0928. The van der Waals surface area contributed by atoms with E-state index in [0.717, 1.165) is 70.1 Å². The van der Waals surface area contributed by atoms with Crippen molar-refractivity contribution in [3.8, 4) is 0 Å².